The summed E-state index contributed by atoms with van der Waals surface area (Å²) in [6.45, 7) is 5.70. The molecule has 8 nitrogen and oxygen atoms in total. The van der Waals surface area contributed by atoms with Crippen LogP contribution in [0.15, 0.2) is 54.9 Å². The number of anilines is 1. The molecule has 3 N–H and O–H groups in total. The molecule has 0 bridgehead atoms. The Hall–Kier alpha value is -3.43. The lowest BCUT2D eigenvalue weighted by Crippen LogP contribution is -2.17. The van der Waals surface area contributed by atoms with Gasteiger partial charge in [0, 0.05) is 34.5 Å². The number of fused-ring (bicyclic) bond motifs is 2. The van der Waals surface area contributed by atoms with Crippen LogP contribution >= 0.6 is 0 Å². The summed E-state index contributed by atoms with van der Waals surface area (Å²) in [4.78, 5) is 24.9. The van der Waals surface area contributed by atoms with Crippen molar-refractivity contribution in [3.05, 3.63) is 69.3 Å². The Bertz CT molecular complexity index is 1530. The molecule has 0 spiro atoms. The Kier molecular flexibility index (Phi) is 5.39. The van der Waals surface area contributed by atoms with Crippen molar-refractivity contribution in [1.82, 2.24) is 0 Å². The van der Waals surface area contributed by atoms with Gasteiger partial charge in [0.1, 0.15) is 16.9 Å². The van der Waals surface area contributed by atoms with E-state index in [0.717, 1.165) is 27.7 Å². The second kappa shape index (κ2) is 7.92. The number of hydrogen-bond donors (Lipinski definition) is 2. The second-order valence-electron chi connectivity index (χ2n) is 7.74. The first-order chi connectivity index (χ1) is 15.0. The number of furan rings is 1. The largest absolute Gasteiger partial charge is 0.461 e. The fourth-order valence-electron chi connectivity index (χ4n) is 3.70. The number of benzene rings is 2. The number of carbonyl (C=O) groups excluding carboxylic acids is 1. The number of aryl methyl sites for hydroxylation is 3. The van der Waals surface area contributed by atoms with E-state index in [0.29, 0.717) is 22.4 Å². The van der Waals surface area contributed by atoms with E-state index in [4.69, 9.17) is 14.0 Å². The summed E-state index contributed by atoms with van der Waals surface area (Å²) in [7, 11) is -3.80. The molecule has 0 atom stereocenters. The van der Waals surface area contributed by atoms with Crippen LogP contribution in [0.3, 0.4) is 0 Å². The highest BCUT2D eigenvalue weighted by molar-refractivity contribution is 7.89. The van der Waals surface area contributed by atoms with Crippen LogP contribution in [0.25, 0.3) is 21.9 Å². The molecule has 0 aliphatic carbocycles. The van der Waals surface area contributed by atoms with Gasteiger partial charge in [-0.2, -0.15) is 0 Å². The fraction of sp³-hybridized carbons (Fsp3) is 0.217. The first-order valence-electron chi connectivity index (χ1n) is 9.93. The third kappa shape index (κ3) is 4.04. The minimum absolute atomic E-state index is 0.0444. The number of amides is 1. The first-order valence-corrected chi connectivity index (χ1v) is 11.5. The Morgan fingerprint density at radius 1 is 0.969 bits per heavy atom. The molecular weight excluding hydrogens is 432 g/mol. The average Bonchev–Trinajstić information content (AvgIpc) is 2.99. The van der Waals surface area contributed by atoms with Crippen LogP contribution in [0.1, 0.15) is 28.9 Å². The Balaban J connectivity index is 1.56. The van der Waals surface area contributed by atoms with E-state index in [1.165, 1.54) is 24.3 Å². The highest BCUT2D eigenvalue weighted by Crippen LogP contribution is 2.31. The van der Waals surface area contributed by atoms with Gasteiger partial charge < -0.3 is 14.2 Å². The topological polar surface area (TPSA) is 133 Å². The molecule has 9 heteroatoms. The molecule has 0 saturated heterocycles. The van der Waals surface area contributed by atoms with Gasteiger partial charge in [-0.05, 0) is 68.7 Å². The summed E-state index contributed by atoms with van der Waals surface area (Å²) in [6, 6.07) is 9.20. The van der Waals surface area contributed by atoms with Crippen LogP contribution in [0.2, 0.25) is 0 Å². The molecule has 0 saturated carbocycles. The van der Waals surface area contributed by atoms with E-state index < -0.39 is 15.6 Å². The lowest BCUT2D eigenvalue weighted by atomic mass is 10.0. The summed E-state index contributed by atoms with van der Waals surface area (Å²) in [5.74, 6) is 0.494. The number of sulfonamides is 1. The lowest BCUT2D eigenvalue weighted by Gasteiger charge is -2.09. The van der Waals surface area contributed by atoms with Gasteiger partial charge in [-0.3, -0.25) is 4.79 Å². The molecule has 0 unspecified atom stereocenters. The molecule has 166 valence electrons. The van der Waals surface area contributed by atoms with Gasteiger partial charge >= 0.3 is 5.63 Å². The summed E-state index contributed by atoms with van der Waals surface area (Å²) in [5.41, 5.74) is 3.28. The molecule has 0 fully saturated rings. The van der Waals surface area contributed by atoms with Crippen molar-refractivity contribution in [2.24, 2.45) is 5.14 Å². The average molecular weight is 455 g/mol. The third-order valence-electron chi connectivity index (χ3n) is 5.65. The van der Waals surface area contributed by atoms with Crippen molar-refractivity contribution < 1.29 is 22.0 Å². The van der Waals surface area contributed by atoms with Crippen molar-refractivity contribution in [1.29, 1.82) is 0 Å². The summed E-state index contributed by atoms with van der Waals surface area (Å²) in [6.07, 6.45) is 0.257. The second-order valence-corrected chi connectivity index (χ2v) is 9.30. The molecule has 1 amide bonds. The number of nitrogens with one attached hydrogen (secondary N) is 1. The van der Waals surface area contributed by atoms with Crippen molar-refractivity contribution in [3.63, 3.8) is 0 Å². The van der Waals surface area contributed by atoms with Crippen LogP contribution in [0.4, 0.5) is 5.69 Å². The van der Waals surface area contributed by atoms with Gasteiger partial charge in [-0.1, -0.05) is 0 Å². The number of nitrogens with two attached hydrogens (primary N) is 1. The Morgan fingerprint density at radius 2 is 1.59 bits per heavy atom. The Labute approximate surface area is 184 Å². The zero-order valence-electron chi connectivity index (χ0n) is 17.8. The minimum atomic E-state index is -3.80. The summed E-state index contributed by atoms with van der Waals surface area (Å²) >= 11 is 0. The van der Waals surface area contributed by atoms with E-state index in [1.54, 1.807) is 6.07 Å². The van der Waals surface area contributed by atoms with Crippen molar-refractivity contribution >= 4 is 43.6 Å². The van der Waals surface area contributed by atoms with Gasteiger partial charge in [0.15, 0.2) is 0 Å². The van der Waals surface area contributed by atoms with Gasteiger partial charge in [0.05, 0.1) is 4.90 Å². The maximum atomic E-state index is 12.6. The molecule has 4 rings (SSSR count). The molecule has 0 radical (unpaired) electrons. The molecule has 0 aliphatic heterocycles. The normalized spacial score (nSPS) is 11.9. The smallest absolute Gasteiger partial charge is 0.339 e. The predicted octanol–water partition coefficient (Wildman–Crippen LogP) is 3.68. The molecule has 0 aliphatic rings. The van der Waals surface area contributed by atoms with Gasteiger partial charge in [-0.25, -0.2) is 18.4 Å². The van der Waals surface area contributed by atoms with Crippen LogP contribution in [0.5, 0.6) is 0 Å². The van der Waals surface area contributed by atoms with Gasteiger partial charge in [0.25, 0.3) is 0 Å². The Morgan fingerprint density at radius 3 is 2.25 bits per heavy atom. The lowest BCUT2D eigenvalue weighted by molar-refractivity contribution is -0.116. The van der Waals surface area contributed by atoms with Crippen LogP contribution < -0.4 is 16.1 Å². The number of primary sulfonamides is 1. The van der Waals surface area contributed by atoms with Crippen LogP contribution in [-0.4, -0.2) is 14.3 Å². The van der Waals surface area contributed by atoms with E-state index in [2.05, 4.69) is 5.32 Å². The van der Waals surface area contributed by atoms with Crippen molar-refractivity contribution in [3.8, 4) is 0 Å². The molecule has 2 aromatic heterocycles. The third-order valence-corrected chi connectivity index (χ3v) is 6.58. The van der Waals surface area contributed by atoms with E-state index in [9.17, 15) is 18.0 Å². The number of carbonyl (C=O) groups is 1. The van der Waals surface area contributed by atoms with E-state index in [1.807, 2.05) is 26.8 Å². The van der Waals surface area contributed by atoms with E-state index in [-0.39, 0.29) is 23.6 Å². The number of rotatable bonds is 5. The maximum Gasteiger partial charge on any atom is 0.339 e. The van der Waals surface area contributed by atoms with Crippen molar-refractivity contribution in [2.45, 2.75) is 38.5 Å². The molecular formula is C23H22N2O6S. The predicted molar refractivity (Wildman–Crippen MR) is 121 cm³/mol. The van der Waals surface area contributed by atoms with Crippen LogP contribution in [0, 0.1) is 20.8 Å². The zero-order chi connectivity index (χ0) is 23.2. The maximum absolute atomic E-state index is 12.6. The first kappa shape index (κ1) is 21.8. The van der Waals surface area contributed by atoms with Gasteiger partial charge in [0.2, 0.25) is 15.9 Å². The highest BCUT2D eigenvalue weighted by atomic mass is 32.2. The molecule has 32 heavy (non-hydrogen) atoms. The molecule has 2 heterocycles. The zero-order valence-corrected chi connectivity index (χ0v) is 18.6. The van der Waals surface area contributed by atoms with Crippen molar-refractivity contribution in [2.75, 3.05) is 5.32 Å². The highest BCUT2D eigenvalue weighted by Gasteiger charge is 2.16. The van der Waals surface area contributed by atoms with Gasteiger partial charge in [-0.15, -0.1) is 0 Å². The standard InChI is InChI=1S/C23H22N2O6S/c1-12-14(3)30-20-11-21-19(10-18(12)20)13(2)17(23(27)31-21)8-9-22(26)25-15-4-6-16(7-5-15)32(24,28)29/h4-7,10-11H,8-9H2,1-3H3,(H,25,26)(H2,24,28,29). The number of hydrogen-bond acceptors (Lipinski definition) is 6. The van der Waals surface area contributed by atoms with Crippen LogP contribution in [-0.2, 0) is 21.2 Å². The fourth-order valence-corrected chi connectivity index (χ4v) is 4.22. The minimum Gasteiger partial charge on any atom is -0.461 e. The summed E-state index contributed by atoms with van der Waals surface area (Å²) < 4.78 is 33.9. The SMILES string of the molecule is Cc1oc2cc3oc(=O)c(CCC(=O)Nc4ccc(S(N)(=O)=O)cc4)c(C)c3cc2c1C. The molecule has 2 aromatic carbocycles. The van der Waals surface area contributed by atoms with E-state index >= 15 is 0 Å². The monoisotopic (exact) mass is 454 g/mol. The summed E-state index contributed by atoms with van der Waals surface area (Å²) in [5, 5.41) is 9.51. The molecule has 4 aromatic rings. The quantitative estimate of drug-likeness (QED) is 0.442.